The van der Waals surface area contributed by atoms with Gasteiger partial charge in [0.2, 0.25) is 0 Å². The predicted molar refractivity (Wildman–Crippen MR) is 137 cm³/mol. The van der Waals surface area contributed by atoms with Crippen molar-refractivity contribution in [1.82, 2.24) is 5.32 Å². The topological polar surface area (TPSA) is 75.7 Å². The van der Waals surface area contributed by atoms with Gasteiger partial charge in [0.05, 0.1) is 12.3 Å². The van der Waals surface area contributed by atoms with Crippen molar-refractivity contribution in [3.8, 4) is 5.75 Å². The molecule has 0 aliphatic carbocycles. The molecule has 9 heteroatoms. The van der Waals surface area contributed by atoms with Crippen LogP contribution < -0.4 is 15.0 Å². The van der Waals surface area contributed by atoms with E-state index in [1.807, 2.05) is 24.3 Å². The summed E-state index contributed by atoms with van der Waals surface area (Å²) in [5.74, 6) is 0.0191. The Bertz CT molecular complexity index is 1250. The van der Waals surface area contributed by atoms with Gasteiger partial charge in [0.1, 0.15) is 11.3 Å². The summed E-state index contributed by atoms with van der Waals surface area (Å²) >= 11 is 10.9. The molecule has 0 radical (unpaired) electrons. The van der Waals surface area contributed by atoms with Crippen molar-refractivity contribution >= 4 is 68.9 Å². The van der Waals surface area contributed by atoms with Crippen molar-refractivity contribution in [3.63, 3.8) is 0 Å². The molecule has 0 aromatic heterocycles. The molecule has 3 aromatic carbocycles. The molecule has 3 aromatic rings. The van der Waals surface area contributed by atoms with E-state index in [2.05, 4.69) is 21.2 Å². The number of anilines is 1. The van der Waals surface area contributed by atoms with Gasteiger partial charge in [-0.1, -0.05) is 39.7 Å². The number of rotatable bonds is 7. The van der Waals surface area contributed by atoms with E-state index in [1.54, 1.807) is 60.3 Å². The minimum absolute atomic E-state index is 0.129. The van der Waals surface area contributed by atoms with E-state index in [0.717, 1.165) is 20.0 Å². The van der Waals surface area contributed by atoms with Gasteiger partial charge in [-0.3, -0.25) is 14.9 Å². The van der Waals surface area contributed by atoms with Gasteiger partial charge >= 0.3 is 6.03 Å². The number of carbonyl (C=O) groups is 3. The smallest absolute Gasteiger partial charge is 0.335 e. The number of urea groups is 1. The number of hydrogen-bond donors (Lipinski definition) is 1. The van der Waals surface area contributed by atoms with Gasteiger partial charge in [0.15, 0.2) is 0 Å². The van der Waals surface area contributed by atoms with E-state index in [-0.39, 0.29) is 5.57 Å². The Balaban J connectivity index is 1.39. The molecule has 0 bridgehead atoms. The first kappa shape index (κ1) is 24.1. The number of halogens is 2. The maximum absolute atomic E-state index is 12.9. The largest absolute Gasteiger partial charge is 0.493 e. The lowest BCUT2D eigenvalue weighted by molar-refractivity contribution is -0.122. The first-order valence-corrected chi connectivity index (χ1v) is 12.3. The van der Waals surface area contributed by atoms with E-state index in [1.165, 1.54) is 6.08 Å². The van der Waals surface area contributed by atoms with E-state index in [4.69, 9.17) is 16.3 Å². The van der Waals surface area contributed by atoms with Crippen molar-refractivity contribution in [2.24, 2.45) is 0 Å². The fraction of sp³-hybridized carbons (Fsp3) is 0.0800. The maximum atomic E-state index is 12.9. The van der Waals surface area contributed by atoms with E-state index < -0.39 is 17.8 Å². The molecule has 1 fully saturated rings. The van der Waals surface area contributed by atoms with Crippen LogP contribution in [-0.4, -0.2) is 30.2 Å². The van der Waals surface area contributed by atoms with E-state index in [0.29, 0.717) is 28.6 Å². The van der Waals surface area contributed by atoms with Gasteiger partial charge in [-0.05, 0) is 72.3 Å². The fourth-order valence-corrected chi connectivity index (χ4v) is 4.28. The molecule has 0 atom stereocenters. The lowest BCUT2D eigenvalue weighted by atomic mass is 10.1. The van der Waals surface area contributed by atoms with Gasteiger partial charge in [-0.25, -0.2) is 9.69 Å². The predicted octanol–water partition coefficient (Wildman–Crippen LogP) is 5.94. The van der Waals surface area contributed by atoms with Gasteiger partial charge < -0.3 is 4.74 Å². The fourth-order valence-electron chi connectivity index (χ4n) is 3.16. The Morgan fingerprint density at radius 1 is 0.941 bits per heavy atom. The Kier molecular flexibility index (Phi) is 7.72. The lowest BCUT2D eigenvalue weighted by Crippen LogP contribution is -2.54. The molecular formula is C25H18BrClN2O4S. The quantitative estimate of drug-likeness (QED) is 0.168. The second-order valence-electron chi connectivity index (χ2n) is 7.15. The molecule has 4 amide bonds. The van der Waals surface area contributed by atoms with Gasteiger partial charge in [0.25, 0.3) is 11.8 Å². The lowest BCUT2D eigenvalue weighted by Gasteiger charge is -2.26. The van der Waals surface area contributed by atoms with Crippen LogP contribution in [-0.2, 0) is 9.59 Å². The Labute approximate surface area is 214 Å². The molecule has 34 heavy (non-hydrogen) atoms. The van der Waals surface area contributed by atoms with Crippen molar-refractivity contribution in [2.45, 2.75) is 4.90 Å². The number of barbiturate groups is 1. The van der Waals surface area contributed by atoms with Crippen LogP contribution in [0.1, 0.15) is 5.56 Å². The highest BCUT2D eigenvalue weighted by Crippen LogP contribution is 2.25. The molecule has 0 saturated carbocycles. The molecule has 1 saturated heterocycles. The normalized spacial score (nSPS) is 14.9. The molecule has 172 valence electrons. The highest BCUT2D eigenvalue weighted by molar-refractivity contribution is 9.10. The van der Waals surface area contributed by atoms with Gasteiger partial charge in [-0.2, -0.15) is 0 Å². The number of imide groups is 2. The third-order valence-electron chi connectivity index (χ3n) is 4.81. The minimum Gasteiger partial charge on any atom is -0.493 e. The Morgan fingerprint density at radius 3 is 2.29 bits per heavy atom. The Morgan fingerprint density at radius 2 is 1.62 bits per heavy atom. The van der Waals surface area contributed by atoms with Crippen molar-refractivity contribution in [2.75, 3.05) is 17.3 Å². The molecule has 1 aliphatic rings. The summed E-state index contributed by atoms with van der Waals surface area (Å²) < 4.78 is 6.57. The first-order valence-electron chi connectivity index (χ1n) is 10.2. The molecule has 6 nitrogen and oxygen atoms in total. The monoisotopic (exact) mass is 556 g/mol. The van der Waals surface area contributed by atoms with Crippen molar-refractivity contribution in [3.05, 3.63) is 93.4 Å². The molecule has 1 heterocycles. The summed E-state index contributed by atoms with van der Waals surface area (Å²) in [6.07, 6.45) is 1.45. The molecule has 4 rings (SSSR count). The maximum Gasteiger partial charge on any atom is 0.335 e. The summed E-state index contributed by atoms with van der Waals surface area (Å²) in [5.41, 5.74) is 0.867. The summed E-state index contributed by atoms with van der Waals surface area (Å²) in [6, 6.07) is 20.5. The van der Waals surface area contributed by atoms with Crippen LogP contribution >= 0.6 is 39.3 Å². The number of ether oxygens (including phenoxy) is 1. The number of benzene rings is 3. The zero-order valence-electron chi connectivity index (χ0n) is 17.7. The number of carbonyl (C=O) groups excluding carboxylic acids is 3. The van der Waals surface area contributed by atoms with Crippen LogP contribution in [0.15, 0.2) is 87.7 Å². The van der Waals surface area contributed by atoms with E-state index in [9.17, 15) is 14.4 Å². The second kappa shape index (κ2) is 10.9. The minimum atomic E-state index is -0.783. The molecule has 0 spiro atoms. The average molecular weight is 558 g/mol. The van der Waals surface area contributed by atoms with Crippen LogP contribution in [0.2, 0.25) is 5.02 Å². The number of amides is 4. The highest BCUT2D eigenvalue weighted by Gasteiger charge is 2.36. The third-order valence-corrected chi connectivity index (χ3v) is 6.57. The number of nitrogens with one attached hydrogen (secondary N) is 1. The van der Waals surface area contributed by atoms with Crippen LogP contribution in [0.25, 0.3) is 6.08 Å². The summed E-state index contributed by atoms with van der Waals surface area (Å²) in [6.45, 7) is 0.513. The number of nitrogens with zero attached hydrogens (tertiary/aromatic N) is 1. The van der Waals surface area contributed by atoms with Gasteiger partial charge in [0, 0.05) is 20.1 Å². The summed E-state index contributed by atoms with van der Waals surface area (Å²) in [4.78, 5) is 39.6. The number of thioether (sulfide) groups is 1. The third kappa shape index (κ3) is 5.88. The zero-order valence-corrected chi connectivity index (χ0v) is 20.8. The van der Waals surface area contributed by atoms with Crippen LogP contribution in [0, 0.1) is 0 Å². The summed E-state index contributed by atoms with van der Waals surface area (Å²) in [5, 5.41) is 2.92. The average Bonchev–Trinajstić information content (AvgIpc) is 2.82. The molecule has 1 N–H and O–H groups in total. The number of hydrogen-bond acceptors (Lipinski definition) is 5. The standard InChI is InChI=1S/C25H18BrClN2O4S/c26-17-3-7-19(8-4-17)29-24(31)22(23(30)28-25(29)32)15-16-1-9-20(10-2-16)33-13-14-34-21-11-5-18(27)6-12-21/h1-12,15H,13-14H2,(H,28,30,32)/b22-15-. The Hall–Kier alpha value is -3.07. The van der Waals surface area contributed by atoms with Crippen molar-refractivity contribution < 1.29 is 19.1 Å². The molecular weight excluding hydrogens is 540 g/mol. The summed E-state index contributed by atoms with van der Waals surface area (Å²) in [7, 11) is 0. The molecule has 1 aliphatic heterocycles. The van der Waals surface area contributed by atoms with Gasteiger partial charge in [-0.15, -0.1) is 11.8 Å². The van der Waals surface area contributed by atoms with E-state index >= 15 is 0 Å². The van der Waals surface area contributed by atoms with Crippen LogP contribution in [0.5, 0.6) is 5.75 Å². The molecule has 0 unspecified atom stereocenters. The zero-order chi connectivity index (χ0) is 24.1. The van der Waals surface area contributed by atoms with Crippen molar-refractivity contribution in [1.29, 1.82) is 0 Å². The highest BCUT2D eigenvalue weighted by atomic mass is 79.9. The SMILES string of the molecule is O=C1NC(=O)N(c2ccc(Br)cc2)C(=O)/C1=C\c1ccc(OCCSc2ccc(Cl)cc2)cc1. The first-order chi connectivity index (χ1) is 16.4. The second-order valence-corrected chi connectivity index (χ2v) is 9.67. The van der Waals surface area contributed by atoms with Crippen LogP contribution in [0.3, 0.4) is 0 Å². The van der Waals surface area contributed by atoms with Crippen LogP contribution in [0.4, 0.5) is 10.5 Å².